The van der Waals surface area contributed by atoms with Gasteiger partial charge in [0.25, 0.3) is 5.89 Å². The minimum absolute atomic E-state index is 0.529. The predicted octanol–water partition coefficient (Wildman–Crippen LogP) is 4.01. The van der Waals surface area contributed by atoms with E-state index in [1.807, 2.05) is 35.7 Å². The summed E-state index contributed by atoms with van der Waals surface area (Å²) >= 11 is 3.19. The van der Waals surface area contributed by atoms with Gasteiger partial charge >= 0.3 is 0 Å². The van der Waals surface area contributed by atoms with Crippen LogP contribution in [-0.2, 0) is 6.42 Å². The van der Waals surface area contributed by atoms with Crippen molar-refractivity contribution < 1.29 is 9.15 Å². The highest BCUT2D eigenvalue weighted by Gasteiger charge is 2.13. The molecule has 0 aliphatic carbocycles. The molecule has 0 N–H and O–H groups in total. The van der Waals surface area contributed by atoms with E-state index in [1.165, 1.54) is 0 Å². The SMILES string of the molecule is COc1cccc2sc(Cc3nnc(-c4cccs4)o3)nc12. The number of ether oxygens (including phenoxy) is 1. The van der Waals surface area contributed by atoms with Crippen molar-refractivity contribution in [2.45, 2.75) is 6.42 Å². The van der Waals surface area contributed by atoms with Crippen LogP contribution in [0.3, 0.4) is 0 Å². The molecular weight excluding hydrogens is 318 g/mol. The van der Waals surface area contributed by atoms with Gasteiger partial charge in [-0.2, -0.15) is 0 Å². The first-order chi connectivity index (χ1) is 10.8. The molecule has 0 fully saturated rings. The fourth-order valence-corrected chi connectivity index (χ4v) is 3.78. The third-order valence-electron chi connectivity index (χ3n) is 3.15. The lowest BCUT2D eigenvalue weighted by Crippen LogP contribution is -1.88. The van der Waals surface area contributed by atoms with E-state index in [2.05, 4.69) is 15.2 Å². The number of benzene rings is 1. The molecule has 4 aromatic rings. The molecule has 0 bridgehead atoms. The van der Waals surface area contributed by atoms with E-state index in [4.69, 9.17) is 9.15 Å². The van der Waals surface area contributed by atoms with Gasteiger partial charge in [0.05, 0.1) is 23.1 Å². The summed E-state index contributed by atoms with van der Waals surface area (Å²) in [6.07, 6.45) is 0.529. The van der Waals surface area contributed by atoms with Crippen molar-refractivity contribution >= 4 is 32.9 Å². The second-order valence-corrected chi connectivity index (χ2v) is 6.63. The van der Waals surface area contributed by atoms with Crippen molar-refractivity contribution in [1.82, 2.24) is 15.2 Å². The summed E-state index contributed by atoms with van der Waals surface area (Å²) in [4.78, 5) is 5.60. The Labute approximate surface area is 134 Å². The van der Waals surface area contributed by atoms with Gasteiger partial charge in [0.2, 0.25) is 5.89 Å². The van der Waals surface area contributed by atoms with Crippen LogP contribution >= 0.6 is 22.7 Å². The van der Waals surface area contributed by atoms with Crippen LogP contribution in [0.15, 0.2) is 40.1 Å². The van der Waals surface area contributed by atoms with Gasteiger partial charge in [-0.15, -0.1) is 32.9 Å². The lowest BCUT2D eigenvalue weighted by Gasteiger charge is -1.97. The molecule has 7 heteroatoms. The normalized spacial score (nSPS) is 11.1. The average Bonchev–Trinajstić information content (AvgIpc) is 3.26. The first-order valence-electron chi connectivity index (χ1n) is 6.62. The summed E-state index contributed by atoms with van der Waals surface area (Å²) in [5.41, 5.74) is 0.878. The van der Waals surface area contributed by atoms with Gasteiger partial charge < -0.3 is 9.15 Å². The van der Waals surface area contributed by atoms with Crippen molar-refractivity contribution in [1.29, 1.82) is 0 Å². The summed E-state index contributed by atoms with van der Waals surface area (Å²) < 4.78 is 12.1. The molecule has 0 saturated heterocycles. The smallest absolute Gasteiger partial charge is 0.257 e. The number of thiophene rings is 1. The number of hydrogen-bond donors (Lipinski definition) is 0. The topological polar surface area (TPSA) is 61.0 Å². The highest BCUT2D eigenvalue weighted by Crippen LogP contribution is 2.31. The van der Waals surface area contributed by atoms with Gasteiger partial charge in [-0.25, -0.2) is 4.98 Å². The van der Waals surface area contributed by atoms with E-state index >= 15 is 0 Å². The molecule has 110 valence electrons. The second-order valence-electron chi connectivity index (χ2n) is 4.57. The molecule has 1 aromatic carbocycles. The third-order valence-corrected chi connectivity index (χ3v) is 5.03. The molecule has 0 unspecified atom stereocenters. The van der Waals surface area contributed by atoms with E-state index < -0.39 is 0 Å². The Morgan fingerprint density at radius 2 is 2.14 bits per heavy atom. The number of fused-ring (bicyclic) bond motifs is 1. The van der Waals surface area contributed by atoms with Crippen LogP contribution < -0.4 is 4.74 Å². The molecule has 0 aliphatic rings. The minimum atomic E-state index is 0.529. The lowest BCUT2D eigenvalue weighted by atomic mass is 10.3. The van der Waals surface area contributed by atoms with E-state index in [1.54, 1.807) is 29.8 Å². The maximum atomic E-state index is 5.71. The minimum Gasteiger partial charge on any atom is -0.494 e. The molecule has 3 aromatic heterocycles. The number of hydrogen-bond acceptors (Lipinski definition) is 7. The molecule has 3 heterocycles. The van der Waals surface area contributed by atoms with Gasteiger partial charge in [-0.1, -0.05) is 12.1 Å². The lowest BCUT2D eigenvalue weighted by molar-refractivity contribution is 0.419. The molecule has 0 atom stereocenters. The zero-order chi connectivity index (χ0) is 14.9. The Hall–Kier alpha value is -2.25. The second kappa shape index (κ2) is 5.51. The van der Waals surface area contributed by atoms with Gasteiger partial charge in [0, 0.05) is 0 Å². The van der Waals surface area contributed by atoms with Gasteiger partial charge in [-0.05, 0) is 23.6 Å². The van der Waals surface area contributed by atoms with E-state index in [0.29, 0.717) is 18.2 Å². The molecular formula is C15H11N3O2S2. The van der Waals surface area contributed by atoms with Crippen molar-refractivity contribution in [2.75, 3.05) is 7.11 Å². The summed E-state index contributed by atoms with van der Waals surface area (Å²) in [7, 11) is 1.65. The number of nitrogens with zero attached hydrogens (tertiary/aromatic N) is 3. The molecule has 0 amide bonds. The highest BCUT2D eigenvalue weighted by molar-refractivity contribution is 7.18. The summed E-state index contributed by atoms with van der Waals surface area (Å²) in [6, 6.07) is 9.83. The number of methoxy groups -OCH3 is 1. The van der Waals surface area contributed by atoms with Crippen LogP contribution in [0.1, 0.15) is 10.9 Å². The van der Waals surface area contributed by atoms with E-state index in [-0.39, 0.29) is 0 Å². The molecule has 0 aliphatic heterocycles. The molecule has 0 radical (unpaired) electrons. The van der Waals surface area contributed by atoms with Gasteiger partial charge in [-0.3, -0.25) is 0 Å². The molecule has 4 rings (SSSR count). The summed E-state index contributed by atoms with van der Waals surface area (Å²) in [5, 5.41) is 11.1. The summed E-state index contributed by atoms with van der Waals surface area (Å²) in [5.74, 6) is 1.91. The fourth-order valence-electron chi connectivity index (χ4n) is 2.16. The van der Waals surface area contributed by atoms with Gasteiger partial charge in [0.15, 0.2) is 0 Å². The Morgan fingerprint density at radius 1 is 1.18 bits per heavy atom. The third kappa shape index (κ3) is 2.38. The molecule has 0 spiro atoms. The van der Waals surface area contributed by atoms with E-state index in [9.17, 15) is 0 Å². The maximum absolute atomic E-state index is 5.71. The molecule has 22 heavy (non-hydrogen) atoms. The average molecular weight is 329 g/mol. The zero-order valence-electron chi connectivity index (χ0n) is 11.6. The number of para-hydroxylation sites is 1. The van der Waals surface area contributed by atoms with Crippen LogP contribution in [0.25, 0.3) is 21.0 Å². The highest BCUT2D eigenvalue weighted by atomic mass is 32.1. The number of thiazole rings is 1. The van der Waals surface area contributed by atoms with Crippen molar-refractivity contribution in [3.63, 3.8) is 0 Å². The fraction of sp³-hybridized carbons (Fsp3) is 0.133. The van der Waals surface area contributed by atoms with Crippen molar-refractivity contribution in [3.05, 3.63) is 46.6 Å². The first kappa shape index (κ1) is 13.4. The molecule has 0 saturated carbocycles. The largest absolute Gasteiger partial charge is 0.494 e. The quantitative estimate of drug-likeness (QED) is 0.566. The number of rotatable bonds is 4. The van der Waals surface area contributed by atoms with Crippen LogP contribution in [0.2, 0.25) is 0 Å². The van der Waals surface area contributed by atoms with Crippen LogP contribution in [0.4, 0.5) is 0 Å². The Balaban J connectivity index is 1.64. The Kier molecular flexibility index (Phi) is 3.36. The Morgan fingerprint density at radius 3 is 2.95 bits per heavy atom. The predicted molar refractivity (Wildman–Crippen MR) is 86.6 cm³/mol. The van der Waals surface area contributed by atoms with Crippen molar-refractivity contribution in [3.8, 4) is 16.5 Å². The first-order valence-corrected chi connectivity index (χ1v) is 8.32. The standard InChI is InChI=1S/C15H11N3O2S2/c1-19-9-4-2-5-10-14(9)16-13(22-10)8-12-17-18-15(20-12)11-6-3-7-21-11/h2-7H,8H2,1H3. The maximum Gasteiger partial charge on any atom is 0.257 e. The van der Waals surface area contributed by atoms with Crippen LogP contribution in [0.5, 0.6) is 5.75 Å². The van der Waals surface area contributed by atoms with Crippen molar-refractivity contribution in [2.24, 2.45) is 0 Å². The van der Waals surface area contributed by atoms with E-state index in [0.717, 1.165) is 25.9 Å². The summed E-state index contributed by atoms with van der Waals surface area (Å²) in [6.45, 7) is 0. The van der Waals surface area contributed by atoms with Crippen LogP contribution in [-0.4, -0.2) is 22.3 Å². The molecule has 5 nitrogen and oxygen atoms in total. The van der Waals surface area contributed by atoms with Crippen LogP contribution in [0, 0.1) is 0 Å². The number of aromatic nitrogens is 3. The Bertz CT molecular complexity index is 912. The van der Waals surface area contributed by atoms with Gasteiger partial charge in [0.1, 0.15) is 16.3 Å². The zero-order valence-corrected chi connectivity index (χ0v) is 13.3. The monoisotopic (exact) mass is 329 g/mol.